The molecule has 112 valence electrons. The molecule has 0 bridgehead atoms. The van der Waals surface area contributed by atoms with Crippen molar-refractivity contribution in [3.8, 4) is 5.75 Å². The van der Waals surface area contributed by atoms with Gasteiger partial charge < -0.3 is 25.0 Å². The lowest BCUT2D eigenvalue weighted by Crippen LogP contribution is -2.34. The van der Waals surface area contributed by atoms with Crippen LogP contribution >= 0.6 is 0 Å². The Labute approximate surface area is 118 Å². The average molecular weight is 283 g/mol. The molecule has 0 aliphatic carbocycles. The van der Waals surface area contributed by atoms with Crippen LogP contribution in [-0.4, -0.2) is 49.1 Å². The fraction of sp³-hybridized carbons (Fsp3) is 0.500. The Morgan fingerprint density at radius 2 is 1.90 bits per heavy atom. The number of benzene rings is 1. The van der Waals surface area contributed by atoms with Gasteiger partial charge in [-0.2, -0.15) is 0 Å². The summed E-state index contributed by atoms with van der Waals surface area (Å²) in [6, 6.07) is 6.76. The Bertz CT molecular complexity index is 407. The Hall–Kier alpha value is -1.63. The average Bonchev–Trinajstić information content (AvgIpc) is 2.45. The van der Waals surface area contributed by atoms with Gasteiger partial charge in [-0.25, -0.2) is 0 Å². The summed E-state index contributed by atoms with van der Waals surface area (Å²) in [7, 11) is 1.60. The van der Waals surface area contributed by atoms with Gasteiger partial charge in [-0.15, -0.1) is 0 Å². The fourth-order valence-electron chi connectivity index (χ4n) is 1.59. The van der Waals surface area contributed by atoms with Gasteiger partial charge in [0.15, 0.2) is 0 Å². The van der Waals surface area contributed by atoms with Crippen LogP contribution in [0.3, 0.4) is 0 Å². The number of methoxy groups -OCH3 is 1. The third-order valence-electron chi connectivity index (χ3n) is 2.70. The molecule has 0 saturated heterocycles. The molecule has 1 amide bonds. The van der Waals surface area contributed by atoms with Crippen molar-refractivity contribution in [2.24, 2.45) is 0 Å². The number of aliphatic hydroxyl groups is 2. The Morgan fingerprint density at radius 1 is 1.25 bits per heavy atom. The van der Waals surface area contributed by atoms with E-state index in [1.165, 1.54) is 6.92 Å². The number of hydrogen-bond donors (Lipinski definition) is 3. The van der Waals surface area contributed by atoms with Crippen molar-refractivity contribution in [3.63, 3.8) is 0 Å². The lowest BCUT2D eigenvalue weighted by atomic mass is 10.0. The first-order valence-corrected chi connectivity index (χ1v) is 6.37. The van der Waals surface area contributed by atoms with E-state index in [0.717, 1.165) is 0 Å². The van der Waals surface area contributed by atoms with Crippen LogP contribution in [-0.2, 0) is 9.53 Å². The largest absolute Gasteiger partial charge is 0.491 e. The number of rotatable bonds is 8. The molecule has 1 aromatic rings. The van der Waals surface area contributed by atoms with Crippen LogP contribution < -0.4 is 10.1 Å². The molecule has 0 spiro atoms. The Balaban J connectivity index is 2.51. The van der Waals surface area contributed by atoms with Crippen LogP contribution in [0.25, 0.3) is 0 Å². The lowest BCUT2D eigenvalue weighted by Gasteiger charge is -2.18. The summed E-state index contributed by atoms with van der Waals surface area (Å²) >= 11 is 0. The molecule has 6 heteroatoms. The van der Waals surface area contributed by atoms with Gasteiger partial charge in [-0.1, -0.05) is 12.1 Å². The SMILES string of the molecule is COCCOc1ccc(C(O)C(O)CNC(C)=O)cc1. The Morgan fingerprint density at radius 3 is 2.45 bits per heavy atom. The second-order valence-corrected chi connectivity index (χ2v) is 4.36. The molecule has 20 heavy (non-hydrogen) atoms. The summed E-state index contributed by atoms with van der Waals surface area (Å²) in [5.41, 5.74) is 0.557. The highest BCUT2D eigenvalue weighted by Gasteiger charge is 2.18. The highest BCUT2D eigenvalue weighted by molar-refractivity contribution is 5.72. The molecule has 0 saturated carbocycles. The van der Waals surface area contributed by atoms with Gasteiger partial charge >= 0.3 is 0 Å². The fourth-order valence-corrected chi connectivity index (χ4v) is 1.59. The topological polar surface area (TPSA) is 88.0 Å². The molecule has 0 fully saturated rings. The summed E-state index contributed by atoms with van der Waals surface area (Å²) in [6.45, 7) is 2.30. The van der Waals surface area contributed by atoms with E-state index in [9.17, 15) is 15.0 Å². The minimum absolute atomic E-state index is 0.00257. The quantitative estimate of drug-likeness (QED) is 0.595. The molecule has 0 heterocycles. The molecule has 1 rings (SSSR count). The standard InChI is InChI=1S/C14H21NO5/c1-10(16)15-9-13(17)14(18)11-3-5-12(6-4-11)20-8-7-19-2/h3-6,13-14,17-18H,7-9H2,1-2H3,(H,15,16). The highest BCUT2D eigenvalue weighted by Crippen LogP contribution is 2.20. The van der Waals surface area contributed by atoms with Crippen molar-refractivity contribution in [2.75, 3.05) is 26.9 Å². The monoisotopic (exact) mass is 283 g/mol. The molecule has 0 radical (unpaired) electrons. The van der Waals surface area contributed by atoms with Gasteiger partial charge in [0, 0.05) is 20.6 Å². The van der Waals surface area contributed by atoms with Gasteiger partial charge in [0.25, 0.3) is 0 Å². The van der Waals surface area contributed by atoms with Gasteiger partial charge in [-0.3, -0.25) is 4.79 Å². The zero-order chi connectivity index (χ0) is 15.0. The zero-order valence-corrected chi connectivity index (χ0v) is 11.7. The van der Waals surface area contributed by atoms with Crippen LogP contribution in [0.15, 0.2) is 24.3 Å². The van der Waals surface area contributed by atoms with E-state index < -0.39 is 12.2 Å². The molecule has 2 atom stereocenters. The predicted molar refractivity (Wildman–Crippen MR) is 73.5 cm³/mol. The maximum Gasteiger partial charge on any atom is 0.216 e. The first-order valence-electron chi connectivity index (χ1n) is 6.37. The second kappa shape index (κ2) is 8.52. The first kappa shape index (κ1) is 16.4. The van der Waals surface area contributed by atoms with Crippen molar-refractivity contribution >= 4 is 5.91 Å². The third kappa shape index (κ3) is 5.56. The Kier molecular flexibility index (Phi) is 7.00. The summed E-state index contributed by atoms with van der Waals surface area (Å²) in [6.07, 6.45) is -2.12. The minimum atomic E-state index is -1.06. The van der Waals surface area contributed by atoms with Crippen molar-refractivity contribution in [1.82, 2.24) is 5.32 Å². The van der Waals surface area contributed by atoms with E-state index in [1.54, 1.807) is 31.4 Å². The summed E-state index contributed by atoms with van der Waals surface area (Å²) in [5.74, 6) is 0.410. The number of amides is 1. The van der Waals surface area contributed by atoms with Crippen molar-refractivity contribution in [1.29, 1.82) is 0 Å². The van der Waals surface area contributed by atoms with Crippen LogP contribution in [0, 0.1) is 0 Å². The van der Waals surface area contributed by atoms with Crippen LogP contribution in [0.2, 0.25) is 0 Å². The van der Waals surface area contributed by atoms with Crippen molar-refractivity contribution < 1.29 is 24.5 Å². The van der Waals surface area contributed by atoms with E-state index in [2.05, 4.69) is 5.32 Å². The molecule has 0 aliphatic rings. The van der Waals surface area contributed by atoms with Gasteiger partial charge in [0.2, 0.25) is 5.91 Å². The van der Waals surface area contributed by atoms with E-state index in [4.69, 9.17) is 9.47 Å². The van der Waals surface area contributed by atoms with Crippen LogP contribution in [0.5, 0.6) is 5.75 Å². The summed E-state index contributed by atoms with van der Waals surface area (Å²) < 4.78 is 10.3. The number of ether oxygens (including phenoxy) is 2. The molecular formula is C14H21NO5. The highest BCUT2D eigenvalue weighted by atomic mass is 16.5. The minimum Gasteiger partial charge on any atom is -0.491 e. The maximum absolute atomic E-state index is 10.7. The third-order valence-corrected chi connectivity index (χ3v) is 2.70. The van der Waals surface area contributed by atoms with Crippen molar-refractivity contribution in [3.05, 3.63) is 29.8 Å². The van der Waals surface area contributed by atoms with Crippen LogP contribution in [0.4, 0.5) is 0 Å². The molecule has 3 N–H and O–H groups in total. The van der Waals surface area contributed by atoms with E-state index in [-0.39, 0.29) is 12.5 Å². The van der Waals surface area contributed by atoms with Gasteiger partial charge in [0.1, 0.15) is 24.6 Å². The molecule has 6 nitrogen and oxygen atoms in total. The molecule has 0 aliphatic heterocycles. The zero-order valence-electron chi connectivity index (χ0n) is 11.7. The number of carbonyl (C=O) groups is 1. The van der Waals surface area contributed by atoms with Gasteiger partial charge in [0.05, 0.1) is 6.61 Å². The first-order chi connectivity index (χ1) is 9.54. The summed E-state index contributed by atoms with van der Waals surface area (Å²) in [5, 5.41) is 22.1. The molecule has 1 aromatic carbocycles. The number of carbonyl (C=O) groups excluding carboxylic acids is 1. The van der Waals surface area contributed by atoms with E-state index in [1.807, 2.05) is 0 Å². The molecular weight excluding hydrogens is 262 g/mol. The normalized spacial score (nSPS) is 13.6. The number of aliphatic hydroxyl groups excluding tert-OH is 2. The van der Waals surface area contributed by atoms with E-state index >= 15 is 0 Å². The van der Waals surface area contributed by atoms with Gasteiger partial charge in [-0.05, 0) is 17.7 Å². The smallest absolute Gasteiger partial charge is 0.216 e. The predicted octanol–water partition coefficient (Wildman–Crippen LogP) is 0.242. The number of nitrogens with one attached hydrogen (secondary N) is 1. The lowest BCUT2D eigenvalue weighted by molar-refractivity contribution is -0.119. The number of hydrogen-bond acceptors (Lipinski definition) is 5. The molecule has 2 unspecified atom stereocenters. The van der Waals surface area contributed by atoms with Crippen LogP contribution in [0.1, 0.15) is 18.6 Å². The summed E-state index contributed by atoms with van der Waals surface area (Å²) in [4.78, 5) is 10.7. The maximum atomic E-state index is 10.7. The molecule has 0 aromatic heterocycles. The van der Waals surface area contributed by atoms with E-state index in [0.29, 0.717) is 24.5 Å². The second-order valence-electron chi connectivity index (χ2n) is 4.36. The van der Waals surface area contributed by atoms with Crippen molar-refractivity contribution in [2.45, 2.75) is 19.1 Å².